The Bertz CT molecular complexity index is 1200. The van der Waals surface area contributed by atoms with Crippen molar-refractivity contribution in [2.45, 2.75) is 6.04 Å². The molecule has 1 atom stereocenters. The summed E-state index contributed by atoms with van der Waals surface area (Å²) < 4.78 is 0. The van der Waals surface area contributed by atoms with Gasteiger partial charge in [0.25, 0.3) is 0 Å². The predicted octanol–water partition coefficient (Wildman–Crippen LogP) is 0.992. The van der Waals surface area contributed by atoms with Gasteiger partial charge in [0.05, 0.1) is 34.4 Å². The molecule has 0 aromatic carbocycles. The third-order valence-electron chi connectivity index (χ3n) is 4.43. The summed E-state index contributed by atoms with van der Waals surface area (Å²) in [6.07, 6.45) is 17.5. The van der Waals surface area contributed by atoms with Gasteiger partial charge in [-0.15, -0.1) is 0 Å². The van der Waals surface area contributed by atoms with E-state index in [0.29, 0.717) is 5.57 Å². The summed E-state index contributed by atoms with van der Waals surface area (Å²) in [6, 6.07) is 3.76. The van der Waals surface area contributed by atoms with Gasteiger partial charge in [-0.1, -0.05) is 0 Å². The van der Waals surface area contributed by atoms with E-state index in [9.17, 15) is 4.79 Å². The lowest BCUT2D eigenvalue weighted by Crippen LogP contribution is -2.22. The SMILES string of the molecule is O=C=C1C=C2C=c3ccc([nH]3)=CC3=NC(=CC4=NC(=CC1N2)C=C4)C=C3. The van der Waals surface area contributed by atoms with E-state index in [1.165, 1.54) is 0 Å². The minimum Gasteiger partial charge on any atom is -0.374 e. The molecule has 1 aromatic heterocycles. The molecule has 2 N–H and O–H groups in total. The highest BCUT2D eigenvalue weighted by Crippen LogP contribution is 2.20. The van der Waals surface area contributed by atoms with Gasteiger partial charge in [-0.3, -0.25) is 0 Å². The Labute approximate surface area is 149 Å². The molecule has 26 heavy (non-hydrogen) atoms. The van der Waals surface area contributed by atoms with Crippen LogP contribution in [0.15, 0.2) is 87.3 Å². The molecule has 4 aliphatic rings. The number of aromatic nitrogens is 1. The van der Waals surface area contributed by atoms with Crippen molar-refractivity contribution in [2.24, 2.45) is 9.98 Å². The maximum atomic E-state index is 11.3. The Kier molecular flexibility index (Phi) is 3.20. The molecule has 5 rings (SSSR count). The van der Waals surface area contributed by atoms with Gasteiger partial charge >= 0.3 is 0 Å². The highest BCUT2D eigenvalue weighted by molar-refractivity contribution is 6.19. The smallest absolute Gasteiger partial charge is 0.130 e. The molecule has 1 unspecified atom stereocenters. The van der Waals surface area contributed by atoms with Crippen LogP contribution in [0.4, 0.5) is 0 Å². The van der Waals surface area contributed by atoms with Gasteiger partial charge in [0.15, 0.2) is 0 Å². The van der Waals surface area contributed by atoms with Gasteiger partial charge in [-0.25, -0.2) is 14.8 Å². The molecule has 5 nitrogen and oxygen atoms in total. The fourth-order valence-corrected chi connectivity index (χ4v) is 3.23. The Hall–Kier alpha value is -3.69. The number of aromatic amines is 1. The van der Waals surface area contributed by atoms with E-state index >= 15 is 0 Å². The number of hydrogen-bond donors (Lipinski definition) is 2. The third-order valence-corrected chi connectivity index (χ3v) is 4.43. The Balaban J connectivity index is 1.69. The molecule has 5 heterocycles. The number of hydrogen-bond acceptors (Lipinski definition) is 4. The molecule has 5 heteroatoms. The first-order chi connectivity index (χ1) is 12.7. The number of allylic oxidation sites excluding steroid dienone is 6. The van der Waals surface area contributed by atoms with E-state index in [1.54, 1.807) is 0 Å². The zero-order chi connectivity index (χ0) is 17.5. The second-order valence-electron chi connectivity index (χ2n) is 6.34. The summed E-state index contributed by atoms with van der Waals surface area (Å²) in [5.41, 5.74) is 4.82. The number of fused-ring (bicyclic) bond motifs is 6. The standard InChI is InChI=1S/C21H14N4O/c26-12-13-7-20-10-18-4-3-16(23-18)8-14-1-2-15(22-14)9-17-5-6-19(24-17)11-21(13)25-20/h1-11,21,23,25H. The molecule has 0 aliphatic carbocycles. The second-order valence-corrected chi connectivity index (χ2v) is 6.34. The van der Waals surface area contributed by atoms with Crippen molar-refractivity contribution >= 4 is 29.5 Å². The number of nitrogens with zero attached hydrogens (tertiary/aromatic N) is 2. The first-order valence-electron chi connectivity index (χ1n) is 8.34. The summed E-state index contributed by atoms with van der Waals surface area (Å²) >= 11 is 0. The van der Waals surface area contributed by atoms with E-state index in [0.717, 1.165) is 39.2 Å². The number of H-pyrrole nitrogens is 1. The fraction of sp³-hybridized carbons (Fsp3) is 0.0476. The minimum atomic E-state index is -0.237. The lowest BCUT2D eigenvalue weighted by Gasteiger charge is -2.07. The maximum absolute atomic E-state index is 11.3. The molecule has 0 radical (unpaired) electrons. The van der Waals surface area contributed by atoms with Crippen LogP contribution >= 0.6 is 0 Å². The number of aliphatic imine (C=N–C) groups is 2. The summed E-state index contributed by atoms with van der Waals surface area (Å²) in [6.45, 7) is 0. The molecule has 8 bridgehead atoms. The quantitative estimate of drug-likeness (QED) is 0.693. The van der Waals surface area contributed by atoms with Gasteiger partial charge in [-0.05, 0) is 66.8 Å². The van der Waals surface area contributed by atoms with Crippen LogP contribution in [0.25, 0.3) is 12.2 Å². The van der Waals surface area contributed by atoms with Crippen LogP contribution in [0, 0.1) is 0 Å². The number of nitrogens with one attached hydrogen (secondary N) is 2. The van der Waals surface area contributed by atoms with Crippen molar-refractivity contribution in [3.8, 4) is 0 Å². The second kappa shape index (κ2) is 5.69. The van der Waals surface area contributed by atoms with Crippen molar-refractivity contribution in [3.63, 3.8) is 0 Å². The zero-order valence-corrected chi connectivity index (χ0v) is 13.7. The summed E-state index contributed by atoms with van der Waals surface area (Å²) in [7, 11) is 0. The maximum Gasteiger partial charge on any atom is 0.130 e. The minimum absolute atomic E-state index is 0.237. The lowest BCUT2D eigenvalue weighted by molar-refractivity contribution is 0.566. The van der Waals surface area contributed by atoms with Crippen molar-refractivity contribution < 1.29 is 4.79 Å². The zero-order valence-electron chi connectivity index (χ0n) is 13.7. The monoisotopic (exact) mass is 338 g/mol. The topological polar surface area (TPSA) is 69.6 Å². The van der Waals surface area contributed by atoms with Crippen LogP contribution in [0.3, 0.4) is 0 Å². The van der Waals surface area contributed by atoms with E-state index in [1.807, 2.05) is 72.8 Å². The van der Waals surface area contributed by atoms with Crippen LogP contribution in [0.5, 0.6) is 0 Å². The first kappa shape index (κ1) is 14.6. The Morgan fingerprint density at radius 2 is 1.58 bits per heavy atom. The fourth-order valence-electron chi connectivity index (χ4n) is 3.23. The van der Waals surface area contributed by atoms with Crippen LogP contribution < -0.4 is 16.0 Å². The largest absolute Gasteiger partial charge is 0.374 e. The predicted molar refractivity (Wildman–Crippen MR) is 103 cm³/mol. The van der Waals surface area contributed by atoms with Gasteiger partial charge in [0.1, 0.15) is 5.94 Å². The number of carbonyl (C=O) groups excluding carboxylic acids is 1. The molecule has 124 valence electrons. The Morgan fingerprint density at radius 1 is 0.846 bits per heavy atom. The summed E-state index contributed by atoms with van der Waals surface area (Å²) in [5.74, 6) is 2.02. The highest BCUT2D eigenvalue weighted by atomic mass is 16.1. The van der Waals surface area contributed by atoms with E-state index in [4.69, 9.17) is 0 Å². The van der Waals surface area contributed by atoms with Crippen LogP contribution in [-0.2, 0) is 4.79 Å². The summed E-state index contributed by atoms with van der Waals surface area (Å²) in [4.78, 5) is 23.8. The van der Waals surface area contributed by atoms with E-state index < -0.39 is 0 Å². The Morgan fingerprint density at radius 3 is 2.42 bits per heavy atom. The molecule has 0 saturated carbocycles. The molecule has 0 fully saturated rings. The van der Waals surface area contributed by atoms with Crippen LogP contribution in [0.1, 0.15) is 0 Å². The lowest BCUT2D eigenvalue weighted by atomic mass is 10.1. The first-order valence-corrected chi connectivity index (χ1v) is 8.34. The molecule has 0 saturated heterocycles. The summed E-state index contributed by atoms with van der Waals surface area (Å²) in [5, 5.41) is 5.24. The van der Waals surface area contributed by atoms with Gasteiger partial charge < -0.3 is 10.3 Å². The van der Waals surface area contributed by atoms with Crippen molar-refractivity contribution in [2.75, 3.05) is 0 Å². The average molecular weight is 338 g/mol. The molecule has 0 amide bonds. The van der Waals surface area contributed by atoms with Crippen molar-refractivity contribution in [1.82, 2.24) is 10.3 Å². The molecule has 1 aromatic rings. The average Bonchev–Trinajstić information content (AvgIpc) is 3.39. The van der Waals surface area contributed by atoms with Crippen molar-refractivity contribution in [1.29, 1.82) is 0 Å². The molecule has 0 spiro atoms. The highest BCUT2D eigenvalue weighted by Gasteiger charge is 2.20. The normalized spacial score (nSPS) is 22.4. The van der Waals surface area contributed by atoms with Crippen molar-refractivity contribution in [3.05, 3.63) is 88.0 Å². The molecule has 4 aliphatic heterocycles. The molecular formula is C21H14N4O. The van der Waals surface area contributed by atoms with Gasteiger partial charge in [-0.2, -0.15) is 0 Å². The van der Waals surface area contributed by atoms with Crippen LogP contribution in [-0.4, -0.2) is 28.4 Å². The number of rotatable bonds is 0. The molecular weight excluding hydrogens is 324 g/mol. The van der Waals surface area contributed by atoms with E-state index in [2.05, 4.69) is 20.3 Å². The third kappa shape index (κ3) is 2.66. The van der Waals surface area contributed by atoms with Gasteiger partial charge in [0.2, 0.25) is 0 Å². The van der Waals surface area contributed by atoms with E-state index in [-0.39, 0.29) is 6.04 Å². The van der Waals surface area contributed by atoms with Gasteiger partial charge in [0, 0.05) is 16.4 Å². The van der Waals surface area contributed by atoms with Crippen LogP contribution in [0.2, 0.25) is 0 Å².